The number of anilines is 1. The van der Waals surface area contributed by atoms with Gasteiger partial charge in [0.05, 0.1) is 24.3 Å². The second-order valence-corrected chi connectivity index (χ2v) is 7.99. The third-order valence-corrected chi connectivity index (χ3v) is 6.07. The normalized spacial score (nSPS) is 14.5. The Morgan fingerprint density at radius 3 is 2.45 bits per heavy atom. The number of Topliss-reactive ketones (excluding diaryl/α,β-unsaturated/α-hetero) is 1. The molecule has 160 valence electrons. The molecule has 4 rings (SSSR count). The Labute approximate surface area is 183 Å². The molecule has 0 unspecified atom stereocenters. The van der Waals surface area contributed by atoms with Crippen LogP contribution in [0.5, 0.6) is 5.75 Å². The fourth-order valence-corrected chi connectivity index (χ4v) is 4.39. The summed E-state index contributed by atoms with van der Waals surface area (Å²) in [5, 5.41) is 9.92. The van der Waals surface area contributed by atoms with Crippen molar-refractivity contribution in [3.05, 3.63) is 59.8 Å². The number of para-hydroxylation sites is 1. The van der Waals surface area contributed by atoms with Crippen LogP contribution >= 0.6 is 0 Å². The Morgan fingerprint density at radius 2 is 1.81 bits per heavy atom. The highest BCUT2D eigenvalue weighted by Crippen LogP contribution is 2.30. The number of ether oxygens (including phenoxy) is 1. The highest BCUT2D eigenvalue weighted by Gasteiger charge is 2.18. The van der Waals surface area contributed by atoms with Gasteiger partial charge in [0.1, 0.15) is 5.75 Å². The first-order valence-electron chi connectivity index (χ1n) is 10.7. The quantitative estimate of drug-likeness (QED) is 0.546. The van der Waals surface area contributed by atoms with E-state index in [2.05, 4.69) is 20.4 Å². The molecule has 3 aromatic rings. The van der Waals surface area contributed by atoms with Crippen molar-refractivity contribution < 1.29 is 9.53 Å². The van der Waals surface area contributed by atoms with Gasteiger partial charge >= 0.3 is 0 Å². The number of ketones is 1. The summed E-state index contributed by atoms with van der Waals surface area (Å²) in [5.41, 5.74) is 3.64. The number of carbonyl (C=O) groups is 1. The lowest BCUT2D eigenvalue weighted by Crippen LogP contribution is -2.46. The van der Waals surface area contributed by atoms with E-state index in [-0.39, 0.29) is 5.78 Å². The second-order valence-electron chi connectivity index (χ2n) is 7.99. The van der Waals surface area contributed by atoms with Crippen LogP contribution in [0.15, 0.2) is 48.7 Å². The lowest BCUT2D eigenvalue weighted by molar-refractivity contribution is 0.101. The first kappa shape index (κ1) is 21.0. The largest absolute Gasteiger partial charge is 0.495 e. The topological polar surface area (TPSA) is 61.5 Å². The van der Waals surface area contributed by atoms with E-state index in [1.54, 1.807) is 14.0 Å². The van der Waals surface area contributed by atoms with Gasteiger partial charge in [0.15, 0.2) is 5.78 Å². The second kappa shape index (κ2) is 9.23. The SMILES string of the molecule is COc1cccc2c(C(C)=O)cn(CCCN3CCN(c4ccc(C#N)cc4)CC3)c12. The third-order valence-electron chi connectivity index (χ3n) is 6.07. The molecule has 6 nitrogen and oxygen atoms in total. The molecule has 31 heavy (non-hydrogen) atoms. The molecular weight excluding hydrogens is 388 g/mol. The minimum Gasteiger partial charge on any atom is -0.495 e. The monoisotopic (exact) mass is 416 g/mol. The molecule has 0 N–H and O–H groups in total. The Bertz CT molecular complexity index is 1100. The van der Waals surface area contributed by atoms with Crippen molar-refractivity contribution in [2.75, 3.05) is 44.7 Å². The van der Waals surface area contributed by atoms with Crippen molar-refractivity contribution in [3.8, 4) is 11.8 Å². The van der Waals surface area contributed by atoms with Crippen molar-refractivity contribution in [1.82, 2.24) is 9.47 Å². The molecular formula is C25H28N4O2. The number of methoxy groups -OCH3 is 1. The van der Waals surface area contributed by atoms with Crippen LogP contribution in [0.4, 0.5) is 5.69 Å². The fraction of sp³-hybridized carbons (Fsp3) is 0.360. The van der Waals surface area contributed by atoms with Crippen LogP contribution in [0.3, 0.4) is 0 Å². The summed E-state index contributed by atoms with van der Waals surface area (Å²) < 4.78 is 7.72. The predicted molar refractivity (Wildman–Crippen MR) is 123 cm³/mol. The van der Waals surface area contributed by atoms with Crippen LogP contribution in [0.2, 0.25) is 0 Å². The number of aryl methyl sites for hydroxylation is 1. The molecule has 6 heteroatoms. The van der Waals surface area contributed by atoms with E-state index < -0.39 is 0 Å². The van der Waals surface area contributed by atoms with Gasteiger partial charge in [-0.3, -0.25) is 9.69 Å². The Balaban J connectivity index is 1.35. The first-order chi connectivity index (χ1) is 15.1. The number of benzene rings is 2. The van der Waals surface area contributed by atoms with E-state index >= 15 is 0 Å². The Hall–Kier alpha value is -3.30. The van der Waals surface area contributed by atoms with Gasteiger partial charge in [-0.25, -0.2) is 0 Å². The maximum atomic E-state index is 12.1. The summed E-state index contributed by atoms with van der Waals surface area (Å²) in [6, 6.07) is 15.9. The summed E-state index contributed by atoms with van der Waals surface area (Å²) in [7, 11) is 1.67. The average molecular weight is 417 g/mol. The summed E-state index contributed by atoms with van der Waals surface area (Å²) in [4.78, 5) is 17.0. The molecule has 0 spiro atoms. The first-order valence-corrected chi connectivity index (χ1v) is 10.7. The molecule has 1 aliphatic rings. The highest BCUT2D eigenvalue weighted by molar-refractivity contribution is 6.08. The van der Waals surface area contributed by atoms with Gasteiger partial charge in [-0.2, -0.15) is 5.26 Å². The molecule has 1 saturated heterocycles. The smallest absolute Gasteiger partial charge is 0.161 e. The molecule has 1 aliphatic heterocycles. The number of nitrogens with zero attached hydrogens (tertiary/aromatic N) is 4. The zero-order valence-corrected chi connectivity index (χ0v) is 18.2. The zero-order valence-electron chi connectivity index (χ0n) is 18.2. The van der Waals surface area contributed by atoms with Crippen LogP contribution < -0.4 is 9.64 Å². The van der Waals surface area contributed by atoms with E-state index in [0.29, 0.717) is 5.56 Å². The van der Waals surface area contributed by atoms with E-state index in [0.717, 1.165) is 67.9 Å². The molecule has 2 aromatic carbocycles. The number of hydrogen-bond acceptors (Lipinski definition) is 5. The van der Waals surface area contributed by atoms with Crippen LogP contribution in [0.1, 0.15) is 29.3 Å². The maximum absolute atomic E-state index is 12.1. The Morgan fingerprint density at radius 1 is 1.06 bits per heavy atom. The molecule has 0 saturated carbocycles. The van der Waals surface area contributed by atoms with E-state index in [9.17, 15) is 4.79 Å². The number of hydrogen-bond donors (Lipinski definition) is 0. The Kier molecular flexibility index (Phi) is 6.24. The molecule has 0 radical (unpaired) electrons. The third kappa shape index (κ3) is 4.42. The number of rotatable bonds is 7. The number of aromatic nitrogens is 1. The summed E-state index contributed by atoms with van der Waals surface area (Å²) in [6.45, 7) is 7.50. The lowest BCUT2D eigenvalue weighted by Gasteiger charge is -2.36. The van der Waals surface area contributed by atoms with Gasteiger partial charge in [-0.15, -0.1) is 0 Å². The molecule has 2 heterocycles. The van der Waals surface area contributed by atoms with E-state index in [4.69, 9.17) is 10.00 Å². The molecule has 0 atom stereocenters. The van der Waals surface area contributed by atoms with Crippen LogP contribution in [-0.2, 0) is 6.54 Å². The molecule has 0 aliphatic carbocycles. The fourth-order valence-electron chi connectivity index (χ4n) is 4.39. The van der Waals surface area contributed by atoms with Crippen LogP contribution in [0, 0.1) is 11.3 Å². The minimum absolute atomic E-state index is 0.0796. The molecule has 0 bridgehead atoms. The van der Waals surface area contributed by atoms with Crippen molar-refractivity contribution in [2.24, 2.45) is 0 Å². The lowest BCUT2D eigenvalue weighted by atomic mass is 10.1. The van der Waals surface area contributed by atoms with Gasteiger partial charge in [0.2, 0.25) is 0 Å². The van der Waals surface area contributed by atoms with E-state index in [1.165, 1.54) is 5.69 Å². The van der Waals surface area contributed by atoms with Crippen molar-refractivity contribution >= 4 is 22.4 Å². The number of piperazine rings is 1. The standard InChI is InChI=1S/C25H28N4O2/c1-19(30)23-18-29(25-22(23)5-3-6-24(25)31-2)12-4-11-27-13-15-28(16-14-27)21-9-7-20(17-26)8-10-21/h3,5-10,18H,4,11-16H2,1-2H3. The zero-order chi connectivity index (χ0) is 21.8. The van der Waals surface area contributed by atoms with Gasteiger partial charge in [-0.1, -0.05) is 12.1 Å². The van der Waals surface area contributed by atoms with Gasteiger partial charge in [0, 0.05) is 55.6 Å². The van der Waals surface area contributed by atoms with Gasteiger partial charge in [-0.05, 0) is 50.2 Å². The molecule has 1 aromatic heterocycles. The van der Waals surface area contributed by atoms with Crippen LogP contribution in [0.25, 0.3) is 10.9 Å². The van der Waals surface area contributed by atoms with Gasteiger partial charge < -0.3 is 14.2 Å². The van der Waals surface area contributed by atoms with Gasteiger partial charge in [0.25, 0.3) is 0 Å². The maximum Gasteiger partial charge on any atom is 0.161 e. The minimum atomic E-state index is 0.0796. The average Bonchev–Trinajstić information content (AvgIpc) is 3.19. The number of nitriles is 1. The molecule has 1 fully saturated rings. The summed E-state index contributed by atoms with van der Waals surface area (Å²) >= 11 is 0. The predicted octanol–water partition coefficient (Wildman–Crippen LogP) is 3.94. The number of fused-ring (bicyclic) bond motifs is 1. The highest BCUT2D eigenvalue weighted by atomic mass is 16.5. The van der Waals surface area contributed by atoms with E-state index in [1.807, 2.05) is 48.7 Å². The van der Waals surface area contributed by atoms with Crippen LogP contribution in [-0.4, -0.2) is 55.1 Å². The summed E-state index contributed by atoms with van der Waals surface area (Å²) in [5.74, 6) is 0.886. The van der Waals surface area contributed by atoms with Crippen molar-refractivity contribution in [1.29, 1.82) is 5.26 Å². The van der Waals surface area contributed by atoms with Crippen molar-refractivity contribution in [2.45, 2.75) is 19.9 Å². The molecule has 0 amide bonds. The number of carbonyl (C=O) groups excluding carboxylic acids is 1. The van der Waals surface area contributed by atoms with Crippen molar-refractivity contribution in [3.63, 3.8) is 0 Å². The summed E-state index contributed by atoms with van der Waals surface area (Å²) in [6.07, 6.45) is 2.98.